The lowest BCUT2D eigenvalue weighted by Crippen LogP contribution is -2.08. The van der Waals surface area contributed by atoms with Crippen molar-refractivity contribution in [3.63, 3.8) is 0 Å². The molecule has 2 aromatic rings. The summed E-state index contributed by atoms with van der Waals surface area (Å²) in [6, 6.07) is 17.4. The van der Waals surface area contributed by atoms with Gasteiger partial charge in [-0.25, -0.2) is 0 Å². The Morgan fingerprint density at radius 2 is 1.59 bits per heavy atom. The summed E-state index contributed by atoms with van der Waals surface area (Å²) in [5, 5.41) is 0. The molecule has 0 saturated heterocycles. The van der Waals surface area contributed by atoms with Gasteiger partial charge in [0.05, 0.1) is 0 Å². The molecule has 17 heavy (non-hydrogen) atoms. The van der Waals surface area contributed by atoms with Crippen LogP contribution in [0.25, 0.3) is 11.1 Å². The lowest BCUT2D eigenvalue weighted by atomic mass is 10.0. The predicted octanol–water partition coefficient (Wildman–Crippen LogP) is 3.98. The van der Waals surface area contributed by atoms with Gasteiger partial charge in [-0.05, 0) is 35.2 Å². The summed E-state index contributed by atoms with van der Waals surface area (Å²) in [4.78, 5) is 2.13. The van der Waals surface area contributed by atoms with E-state index < -0.39 is 0 Å². The number of benzene rings is 2. The van der Waals surface area contributed by atoms with Crippen LogP contribution in [0.3, 0.4) is 0 Å². The van der Waals surface area contributed by atoms with Crippen LogP contribution in [0.1, 0.15) is 12.5 Å². The van der Waals surface area contributed by atoms with Gasteiger partial charge >= 0.3 is 0 Å². The third-order valence-corrected chi connectivity index (χ3v) is 3.06. The van der Waals surface area contributed by atoms with Gasteiger partial charge in [-0.3, -0.25) is 0 Å². The van der Waals surface area contributed by atoms with E-state index in [0.29, 0.717) is 0 Å². The van der Waals surface area contributed by atoms with Crippen LogP contribution in [0.2, 0.25) is 0 Å². The molecule has 0 unspecified atom stereocenters. The second-order valence-corrected chi connectivity index (χ2v) is 4.50. The van der Waals surface area contributed by atoms with Crippen LogP contribution in [0.4, 0.5) is 5.69 Å². The van der Waals surface area contributed by atoms with Crippen molar-refractivity contribution in [3.05, 3.63) is 54.1 Å². The number of aryl methyl sites for hydroxylation is 1. The van der Waals surface area contributed by atoms with E-state index in [0.717, 1.165) is 6.42 Å². The molecule has 0 aliphatic rings. The Morgan fingerprint density at radius 1 is 0.882 bits per heavy atom. The maximum atomic E-state index is 2.22. The summed E-state index contributed by atoms with van der Waals surface area (Å²) in [6.07, 6.45) is 1.10. The molecule has 0 amide bonds. The van der Waals surface area contributed by atoms with E-state index in [1.807, 2.05) is 0 Å². The van der Waals surface area contributed by atoms with Gasteiger partial charge in [-0.2, -0.15) is 0 Å². The van der Waals surface area contributed by atoms with Crippen molar-refractivity contribution in [2.75, 3.05) is 19.0 Å². The molecular formula is C16H19N. The number of hydrogen-bond acceptors (Lipinski definition) is 1. The van der Waals surface area contributed by atoms with E-state index in [9.17, 15) is 0 Å². The summed E-state index contributed by atoms with van der Waals surface area (Å²) in [5.74, 6) is 0. The van der Waals surface area contributed by atoms with E-state index >= 15 is 0 Å². The van der Waals surface area contributed by atoms with Crippen LogP contribution in [0.5, 0.6) is 0 Å². The highest BCUT2D eigenvalue weighted by Gasteiger charge is 2.00. The first kappa shape index (κ1) is 11.7. The first-order chi connectivity index (χ1) is 8.20. The van der Waals surface area contributed by atoms with Gasteiger partial charge < -0.3 is 4.90 Å². The predicted molar refractivity (Wildman–Crippen MR) is 75.6 cm³/mol. The van der Waals surface area contributed by atoms with Crippen LogP contribution < -0.4 is 4.90 Å². The largest absolute Gasteiger partial charge is 0.378 e. The Balaban J connectivity index is 2.35. The minimum absolute atomic E-state index is 1.10. The van der Waals surface area contributed by atoms with Crippen molar-refractivity contribution in [2.45, 2.75) is 13.3 Å². The molecule has 0 aliphatic heterocycles. The molecule has 0 bridgehead atoms. The van der Waals surface area contributed by atoms with E-state index in [1.165, 1.54) is 22.4 Å². The van der Waals surface area contributed by atoms with Crippen molar-refractivity contribution in [1.29, 1.82) is 0 Å². The van der Waals surface area contributed by atoms with E-state index in [1.54, 1.807) is 0 Å². The standard InChI is InChI=1S/C16H19N/c1-4-13-8-10-14(11-9-13)15-6-5-7-16(12-15)17(2)3/h5-12H,4H2,1-3H3. The molecule has 0 heterocycles. The molecule has 0 saturated carbocycles. The highest BCUT2D eigenvalue weighted by atomic mass is 15.1. The molecule has 0 aromatic heterocycles. The number of nitrogens with zero attached hydrogens (tertiary/aromatic N) is 1. The van der Waals surface area contributed by atoms with Gasteiger partial charge in [-0.1, -0.05) is 43.3 Å². The van der Waals surface area contributed by atoms with Crippen molar-refractivity contribution >= 4 is 5.69 Å². The molecule has 0 fully saturated rings. The summed E-state index contributed by atoms with van der Waals surface area (Å²) in [5.41, 5.74) is 5.18. The third kappa shape index (κ3) is 2.68. The zero-order valence-electron chi connectivity index (χ0n) is 10.8. The topological polar surface area (TPSA) is 3.24 Å². The monoisotopic (exact) mass is 225 g/mol. The van der Waals surface area contributed by atoms with Gasteiger partial charge in [0.2, 0.25) is 0 Å². The zero-order valence-corrected chi connectivity index (χ0v) is 10.8. The highest BCUT2D eigenvalue weighted by molar-refractivity contribution is 5.68. The molecule has 88 valence electrons. The van der Waals surface area contributed by atoms with E-state index in [-0.39, 0.29) is 0 Å². The first-order valence-corrected chi connectivity index (χ1v) is 6.07. The van der Waals surface area contributed by atoms with Gasteiger partial charge in [-0.15, -0.1) is 0 Å². The van der Waals surface area contributed by atoms with Crippen molar-refractivity contribution in [2.24, 2.45) is 0 Å². The molecule has 1 nitrogen and oxygen atoms in total. The molecule has 0 spiro atoms. The quantitative estimate of drug-likeness (QED) is 0.763. The lowest BCUT2D eigenvalue weighted by Gasteiger charge is -2.13. The van der Waals surface area contributed by atoms with Gasteiger partial charge in [0.1, 0.15) is 0 Å². The molecule has 0 N–H and O–H groups in total. The van der Waals surface area contributed by atoms with Crippen LogP contribution in [-0.4, -0.2) is 14.1 Å². The number of rotatable bonds is 3. The second-order valence-electron chi connectivity index (χ2n) is 4.50. The minimum Gasteiger partial charge on any atom is -0.378 e. The smallest absolute Gasteiger partial charge is 0.0367 e. The van der Waals surface area contributed by atoms with Gasteiger partial charge in [0.15, 0.2) is 0 Å². The van der Waals surface area contributed by atoms with Crippen LogP contribution >= 0.6 is 0 Å². The molecule has 1 heteroatoms. The molecular weight excluding hydrogens is 206 g/mol. The van der Waals surface area contributed by atoms with Crippen molar-refractivity contribution in [3.8, 4) is 11.1 Å². The lowest BCUT2D eigenvalue weighted by molar-refractivity contribution is 1.13. The summed E-state index contributed by atoms with van der Waals surface area (Å²) >= 11 is 0. The van der Waals surface area contributed by atoms with Crippen LogP contribution in [-0.2, 0) is 6.42 Å². The minimum atomic E-state index is 1.10. The Hall–Kier alpha value is -1.76. The van der Waals surface area contributed by atoms with Gasteiger partial charge in [0.25, 0.3) is 0 Å². The maximum absolute atomic E-state index is 2.22. The van der Waals surface area contributed by atoms with Crippen LogP contribution in [0, 0.1) is 0 Å². The van der Waals surface area contributed by atoms with Crippen LogP contribution in [0.15, 0.2) is 48.5 Å². The van der Waals surface area contributed by atoms with Crippen molar-refractivity contribution in [1.82, 2.24) is 0 Å². The second kappa shape index (κ2) is 5.05. The Bertz CT molecular complexity index is 483. The van der Waals surface area contributed by atoms with Crippen molar-refractivity contribution < 1.29 is 0 Å². The number of anilines is 1. The molecule has 0 radical (unpaired) electrons. The molecule has 0 aliphatic carbocycles. The zero-order chi connectivity index (χ0) is 12.3. The van der Waals surface area contributed by atoms with E-state index in [2.05, 4.69) is 74.4 Å². The Morgan fingerprint density at radius 3 is 2.18 bits per heavy atom. The summed E-state index contributed by atoms with van der Waals surface area (Å²) in [6.45, 7) is 2.18. The average molecular weight is 225 g/mol. The van der Waals surface area contributed by atoms with E-state index in [4.69, 9.17) is 0 Å². The molecule has 0 atom stereocenters. The normalized spacial score (nSPS) is 10.3. The first-order valence-electron chi connectivity index (χ1n) is 6.07. The fraction of sp³-hybridized carbons (Fsp3) is 0.250. The molecule has 2 rings (SSSR count). The SMILES string of the molecule is CCc1ccc(-c2cccc(N(C)C)c2)cc1. The Labute approximate surface area is 104 Å². The fourth-order valence-corrected chi connectivity index (χ4v) is 1.90. The number of hydrogen-bond donors (Lipinski definition) is 0. The average Bonchev–Trinajstić information content (AvgIpc) is 2.39. The molecule has 2 aromatic carbocycles. The third-order valence-electron chi connectivity index (χ3n) is 3.06. The summed E-state index contributed by atoms with van der Waals surface area (Å²) in [7, 11) is 4.14. The fourth-order valence-electron chi connectivity index (χ4n) is 1.90. The summed E-state index contributed by atoms with van der Waals surface area (Å²) < 4.78 is 0. The highest BCUT2D eigenvalue weighted by Crippen LogP contribution is 2.24. The van der Waals surface area contributed by atoms with Gasteiger partial charge in [0, 0.05) is 19.8 Å². The maximum Gasteiger partial charge on any atom is 0.0367 e. The Kier molecular flexibility index (Phi) is 3.48.